The number of benzene rings is 2. The molecule has 0 aliphatic carbocycles. The number of nitro benzene ring substituents is 1. The molecule has 0 fully saturated rings. The summed E-state index contributed by atoms with van der Waals surface area (Å²) in [6.45, 7) is 7.57. The van der Waals surface area contributed by atoms with Crippen molar-refractivity contribution >= 4 is 23.4 Å². The van der Waals surface area contributed by atoms with Gasteiger partial charge in [-0.25, -0.2) is 9.59 Å². The Morgan fingerprint density at radius 2 is 1.47 bits per heavy atom. The second-order valence-corrected chi connectivity index (χ2v) is 7.76. The molecular weight excluding hydrogens is 390 g/mol. The Morgan fingerprint density at radius 1 is 0.933 bits per heavy atom. The summed E-state index contributed by atoms with van der Waals surface area (Å²) in [5, 5.41) is 11.1. The number of Topliss-reactive ketones (excluding diaryl/α,β-unsaturated/α-hetero) is 1. The highest BCUT2D eigenvalue weighted by atomic mass is 16.6. The van der Waals surface area contributed by atoms with Crippen LogP contribution in [-0.4, -0.2) is 35.9 Å². The van der Waals surface area contributed by atoms with Gasteiger partial charge in [-0.3, -0.25) is 14.9 Å². The van der Waals surface area contributed by atoms with Gasteiger partial charge in [-0.1, -0.05) is 45.0 Å². The number of rotatable bonds is 6. The van der Waals surface area contributed by atoms with Gasteiger partial charge < -0.3 is 9.47 Å². The van der Waals surface area contributed by atoms with E-state index in [1.807, 2.05) is 12.1 Å². The van der Waals surface area contributed by atoms with Crippen molar-refractivity contribution in [3.05, 3.63) is 74.8 Å². The minimum atomic E-state index is -1.13. The quantitative estimate of drug-likeness (QED) is 0.303. The van der Waals surface area contributed by atoms with Gasteiger partial charge in [0.25, 0.3) is 5.69 Å². The molecule has 0 unspecified atom stereocenters. The molecule has 0 N–H and O–H groups in total. The summed E-state index contributed by atoms with van der Waals surface area (Å²) in [6.07, 6.45) is -1.13. The summed E-state index contributed by atoms with van der Waals surface area (Å²) >= 11 is 0. The number of hydrogen-bond donors (Lipinski definition) is 0. The molecule has 158 valence electrons. The first kappa shape index (κ1) is 22.7. The predicted molar refractivity (Wildman–Crippen MR) is 109 cm³/mol. The number of carbonyl (C=O) groups excluding carboxylic acids is 3. The zero-order chi connectivity index (χ0) is 22.6. The van der Waals surface area contributed by atoms with Crippen LogP contribution in [0.3, 0.4) is 0 Å². The number of nitrogens with zero attached hydrogens (tertiary/aromatic N) is 1. The van der Waals surface area contributed by atoms with Crippen molar-refractivity contribution in [1.82, 2.24) is 0 Å². The highest BCUT2D eigenvalue weighted by Gasteiger charge is 2.24. The zero-order valence-corrected chi connectivity index (χ0v) is 17.4. The van der Waals surface area contributed by atoms with E-state index in [1.165, 1.54) is 6.92 Å². The molecule has 0 aromatic heterocycles. The molecule has 0 aliphatic heterocycles. The standard InChI is InChI=1S/C22H23NO7/c1-13(19(24)14-6-8-17(9-7-14)22(2,3)4)30-21(26)16-10-15(20(25)29-5)11-18(12-16)23(27)28/h6-13H,1-5H3/t13-/m0/s1. The van der Waals surface area contributed by atoms with Crippen LogP contribution in [0.2, 0.25) is 0 Å². The summed E-state index contributed by atoms with van der Waals surface area (Å²) in [5.74, 6) is -2.21. The number of ether oxygens (including phenoxy) is 2. The molecule has 0 heterocycles. The fraction of sp³-hybridized carbons (Fsp3) is 0.318. The van der Waals surface area contributed by atoms with Crippen LogP contribution < -0.4 is 0 Å². The van der Waals surface area contributed by atoms with E-state index in [0.717, 1.165) is 30.9 Å². The second-order valence-electron chi connectivity index (χ2n) is 7.76. The molecule has 8 nitrogen and oxygen atoms in total. The second kappa shape index (κ2) is 8.86. The highest BCUT2D eigenvalue weighted by molar-refractivity contribution is 6.02. The lowest BCUT2D eigenvalue weighted by molar-refractivity contribution is -0.384. The molecule has 0 aliphatic rings. The van der Waals surface area contributed by atoms with Crippen LogP contribution in [0.15, 0.2) is 42.5 Å². The van der Waals surface area contributed by atoms with Gasteiger partial charge in [-0.15, -0.1) is 0 Å². The third-order valence-corrected chi connectivity index (χ3v) is 4.47. The average molecular weight is 413 g/mol. The molecule has 1 atom stereocenters. The number of nitro groups is 1. The van der Waals surface area contributed by atoms with Crippen molar-refractivity contribution in [3.63, 3.8) is 0 Å². The van der Waals surface area contributed by atoms with E-state index in [1.54, 1.807) is 12.1 Å². The molecule has 0 saturated carbocycles. The molecular formula is C22H23NO7. The molecule has 0 spiro atoms. The van der Waals surface area contributed by atoms with Crippen molar-refractivity contribution < 1.29 is 28.8 Å². The predicted octanol–water partition coefficient (Wildman–Crippen LogP) is 4.11. The summed E-state index contributed by atoms with van der Waals surface area (Å²) < 4.78 is 9.74. The maximum atomic E-state index is 12.6. The average Bonchev–Trinajstić information content (AvgIpc) is 2.71. The van der Waals surface area contributed by atoms with E-state index in [9.17, 15) is 24.5 Å². The van der Waals surface area contributed by atoms with Gasteiger partial charge in [0.05, 0.1) is 23.2 Å². The van der Waals surface area contributed by atoms with Crippen LogP contribution in [0.4, 0.5) is 5.69 Å². The van der Waals surface area contributed by atoms with E-state index >= 15 is 0 Å². The first-order valence-corrected chi connectivity index (χ1v) is 9.17. The lowest BCUT2D eigenvalue weighted by atomic mass is 9.86. The van der Waals surface area contributed by atoms with Crippen LogP contribution in [-0.2, 0) is 14.9 Å². The van der Waals surface area contributed by atoms with Gasteiger partial charge in [0.1, 0.15) is 0 Å². The van der Waals surface area contributed by atoms with E-state index in [-0.39, 0.29) is 16.5 Å². The molecule has 0 bridgehead atoms. The molecule has 0 amide bonds. The molecule has 0 saturated heterocycles. The van der Waals surface area contributed by atoms with Crippen molar-refractivity contribution in [2.45, 2.75) is 39.2 Å². The smallest absolute Gasteiger partial charge is 0.339 e. The Bertz CT molecular complexity index is 988. The number of methoxy groups -OCH3 is 1. The zero-order valence-electron chi connectivity index (χ0n) is 17.4. The number of ketones is 1. The third kappa shape index (κ3) is 5.28. The van der Waals surface area contributed by atoms with Crippen LogP contribution in [0, 0.1) is 10.1 Å². The monoisotopic (exact) mass is 413 g/mol. The Balaban J connectivity index is 2.22. The van der Waals surface area contributed by atoms with Crippen molar-refractivity contribution in [1.29, 1.82) is 0 Å². The Kier molecular flexibility index (Phi) is 6.71. The van der Waals surface area contributed by atoms with E-state index in [0.29, 0.717) is 5.56 Å². The topological polar surface area (TPSA) is 113 Å². The number of esters is 2. The first-order chi connectivity index (χ1) is 13.9. The number of hydrogen-bond acceptors (Lipinski definition) is 7. The summed E-state index contributed by atoms with van der Waals surface area (Å²) in [6, 6.07) is 10.1. The first-order valence-electron chi connectivity index (χ1n) is 9.17. The summed E-state index contributed by atoms with van der Waals surface area (Å²) in [4.78, 5) is 47.2. The highest BCUT2D eigenvalue weighted by Crippen LogP contribution is 2.23. The molecule has 2 rings (SSSR count). The van der Waals surface area contributed by atoms with Gasteiger partial charge in [-0.05, 0) is 24.0 Å². The van der Waals surface area contributed by atoms with Gasteiger partial charge in [-0.2, -0.15) is 0 Å². The van der Waals surface area contributed by atoms with E-state index in [4.69, 9.17) is 4.74 Å². The van der Waals surface area contributed by atoms with Gasteiger partial charge in [0.2, 0.25) is 5.78 Å². The molecule has 2 aromatic carbocycles. The van der Waals surface area contributed by atoms with Crippen molar-refractivity contribution in [2.24, 2.45) is 0 Å². The summed E-state index contributed by atoms with van der Waals surface area (Å²) in [5.41, 5.74) is 0.483. The number of carbonyl (C=O) groups is 3. The largest absolute Gasteiger partial charge is 0.465 e. The minimum Gasteiger partial charge on any atom is -0.465 e. The van der Waals surface area contributed by atoms with Gasteiger partial charge >= 0.3 is 11.9 Å². The number of non-ortho nitro benzene ring substituents is 1. The van der Waals surface area contributed by atoms with Crippen LogP contribution in [0.5, 0.6) is 0 Å². The molecule has 2 aromatic rings. The SMILES string of the molecule is COC(=O)c1cc(C(=O)O[C@@H](C)C(=O)c2ccc(C(C)(C)C)cc2)cc([N+](=O)[O-])c1. The minimum absolute atomic E-state index is 0.0704. The van der Waals surface area contributed by atoms with Crippen LogP contribution in [0.1, 0.15) is 64.3 Å². The lowest BCUT2D eigenvalue weighted by Gasteiger charge is -2.19. The fourth-order valence-corrected chi connectivity index (χ4v) is 2.72. The third-order valence-electron chi connectivity index (χ3n) is 4.47. The van der Waals surface area contributed by atoms with Crippen molar-refractivity contribution in [2.75, 3.05) is 7.11 Å². The van der Waals surface area contributed by atoms with E-state index < -0.39 is 34.4 Å². The van der Waals surface area contributed by atoms with Gasteiger partial charge in [0, 0.05) is 17.7 Å². The van der Waals surface area contributed by atoms with Crippen LogP contribution >= 0.6 is 0 Å². The van der Waals surface area contributed by atoms with E-state index in [2.05, 4.69) is 25.5 Å². The van der Waals surface area contributed by atoms with Crippen molar-refractivity contribution in [3.8, 4) is 0 Å². The fourth-order valence-electron chi connectivity index (χ4n) is 2.72. The lowest BCUT2D eigenvalue weighted by Crippen LogP contribution is -2.25. The molecule has 8 heteroatoms. The molecule has 0 radical (unpaired) electrons. The maximum Gasteiger partial charge on any atom is 0.339 e. The Morgan fingerprint density at radius 3 is 1.93 bits per heavy atom. The Labute approximate surface area is 174 Å². The normalized spacial score (nSPS) is 12.0. The Hall–Kier alpha value is -3.55. The van der Waals surface area contributed by atoms with Crippen LogP contribution in [0.25, 0.3) is 0 Å². The summed E-state index contributed by atoms with van der Waals surface area (Å²) in [7, 11) is 1.12. The molecule has 30 heavy (non-hydrogen) atoms. The maximum absolute atomic E-state index is 12.6. The van der Waals surface area contributed by atoms with Gasteiger partial charge in [0.15, 0.2) is 6.10 Å².